The van der Waals surface area contributed by atoms with Crippen molar-refractivity contribution < 1.29 is 27.1 Å². The Bertz CT molecular complexity index is 1310. The van der Waals surface area contributed by atoms with E-state index in [0.29, 0.717) is 49.8 Å². The van der Waals surface area contributed by atoms with E-state index in [4.69, 9.17) is 9.97 Å². The number of carbonyl (C=O) groups is 1. The number of amidine groups is 1. The number of allylic oxidation sites excluding steroid dienone is 1. The average Bonchev–Trinajstić information content (AvgIpc) is 2.99. The highest BCUT2D eigenvalue weighted by Crippen LogP contribution is 2.32. The van der Waals surface area contributed by atoms with Crippen LogP contribution in [-0.2, 0) is 17.6 Å². The van der Waals surface area contributed by atoms with Gasteiger partial charge in [-0.15, -0.1) is 0 Å². The molecule has 1 aromatic heterocycles. The predicted molar refractivity (Wildman–Crippen MR) is 162 cm³/mol. The van der Waals surface area contributed by atoms with Gasteiger partial charge in [-0.2, -0.15) is 18.2 Å². The summed E-state index contributed by atoms with van der Waals surface area (Å²) in [5.41, 5.74) is 1.10. The Morgan fingerprint density at radius 1 is 1.07 bits per heavy atom. The molecule has 1 saturated heterocycles. The van der Waals surface area contributed by atoms with Crippen LogP contribution in [0.2, 0.25) is 0 Å². The van der Waals surface area contributed by atoms with Gasteiger partial charge in [0.25, 0.3) is 0 Å². The number of aromatic nitrogens is 2. The molecule has 0 radical (unpaired) electrons. The van der Waals surface area contributed by atoms with Crippen molar-refractivity contribution in [1.82, 2.24) is 14.9 Å². The van der Waals surface area contributed by atoms with Crippen LogP contribution in [0.15, 0.2) is 34.8 Å². The van der Waals surface area contributed by atoms with Gasteiger partial charge in [0.1, 0.15) is 17.5 Å². The molecular formula is C31H42F4N6O2. The van der Waals surface area contributed by atoms with E-state index < -0.39 is 23.5 Å². The lowest BCUT2D eigenvalue weighted by Crippen LogP contribution is -2.40. The third kappa shape index (κ3) is 8.45. The first-order valence-electron chi connectivity index (χ1n) is 14.9. The fourth-order valence-electron chi connectivity index (χ4n) is 5.31. The molecule has 1 aromatic carbocycles. The zero-order chi connectivity index (χ0) is 31.6. The second-order valence-electron chi connectivity index (χ2n) is 10.1. The molecular weight excluding hydrogens is 564 g/mol. The molecule has 43 heavy (non-hydrogen) atoms. The molecule has 0 saturated carbocycles. The maximum Gasteiger partial charge on any atom is 0.419 e. The van der Waals surface area contributed by atoms with E-state index in [2.05, 4.69) is 19.9 Å². The number of nitrogens with one attached hydrogen (secondary N) is 1. The minimum absolute atomic E-state index is 0.0624. The van der Waals surface area contributed by atoms with E-state index in [1.807, 2.05) is 13.8 Å². The van der Waals surface area contributed by atoms with E-state index in [0.717, 1.165) is 43.6 Å². The van der Waals surface area contributed by atoms with Crippen molar-refractivity contribution in [2.45, 2.75) is 71.9 Å². The number of hydrogen-bond acceptors (Lipinski definition) is 7. The standard InChI is InChI=1S/C29H36F4N6O2.C2H6/c1-4-9-22(29(31,32)33)26(34-2)38-16-8-10-21-24(13-17-38)36-28(39-14-6-5-7-15-39)37-25(21)35-19-11-12-20(23(30)18-19)27(40)41-3;1-2/h9,11-12,18H,4-8,10,13-17H2,1-3H3,(H,35,36,37);1-2H3/b22-9+,34-26?;. The lowest BCUT2D eigenvalue weighted by molar-refractivity contribution is -0.0872. The molecule has 4 rings (SSSR count). The van der Waals surface area contributed by atoms with Crippen molar-refractivity contribution in [3.63, 3.8) is 0 Å². The number of aliphatic imine (C=N–C) groups is 1. The number of benzene rings is 1. The fourth-order valence-corrected chi connectivity index (χ4v) is 5.31. The number of carbonyl (C=O) groups excluding carboxylic acids is 1. The van der Waals surface area contributed by atoms with Crippen molar-refractivity contribution in [3.05, 3.63) is 52.5 Å². The number of anilines is 3. The first-order chi connectivity index (χ1) is 20.7. The Hall–Kier alpha value is -3.70. The lowest BCUT2D eigenvalue weighted by Gasteiger charge is -2.32. The van der Waals surface area contributed by atoms with E-state index in [1.165, 1.54) is 32.4 Å². The lowest BCUT2D eigenvalue weighted by atomic mass is 10.0. The summed E-state index contributed by atoms with van der Waals surface area (Å²) < 4.78 is 61.0. The number of hydrogen-bond donors (Lipinski definition) is 1. The van der Waals surface area contributed by atoms with Crippen LogP contribution in [0, 0.1) is 5.82 Å². The molecule has 1 fully saturated rings. The predicted octanol–water partition coefficient (Wildman–Crippen LogP) is 6.88. The molecule has 0 bridgehead atoms. The first-order valence-corrected chi connectivity index (χ1v) is 14.9. The number of alkyl halides is 3. The van der Waals surface area contributed by atoms with E-state index in [-0.39, 0.29) is 17.8 Å². The van der Waals surface area contributed by atoms with Gasteiger partial charge in [0.15, 0.2) is 0 Å². The molecule has 0 unspecified atom stereocenters. The smallest absolute Gasteiger partial charge is 0.419 e. The molecule has 236 valence electrons. The van der Waals surface area contributed by atoms with E-state index in [9.17, 15) is 22.4 Å². The average molecular weight is 607 g/mol. The highest BCUT2D eigenvalue weighted by molar-refractivity contribution is 5.99. The number of halogens is 4. The number of fused-ring (bicyclic) bond motifs is 1. The van der Waals surface area contributed by atoms with Gasteiger partial charge in [-0.3, -0.25) is 4.99 Å². The summed E-state index contributed by atoms with van der Waals surface area (Å²) >= 11 is 0. The second kappa shape index (κ2) is 15.7. The molecule has 0 aliphatic carbocycles. The number of ether oxygens (including phenoxy) is 1. The van der Waals surface area contributed by atoms with Gasteiger partial charge >= 0.3 is 12.1 Å². The van der Waals surface area contributed by atoms with Gasteiger partial charge in [-0.05, 0) is 56.7 Å². The van der Waals surface area contributed by atoms with Gasteiger partial charge in [0.05, 0.1) is 23.9 Å². The quantitative estimate of drug-likeness (QED) is 0.166. The fraction of sp³-hybridized carbons (Fsp3) is 0.548. The summed E-state index contributed by atoms with van der Waals surface area (Å²) in [4.78, 5) is 29.4. The Kier molecular flexibility index (Phi) is 12.3. The minimum atomic E-state index is -4.51. The van der Waals surface area contributed by atoms with Crippen LogP contribution in [-0.4, -0.2) is 73.2 Å². The molecule has 2 aliphatic heterocycles. The van der Waals surface area contributed by atoms with Crippen molar-refractivity contribution in [1.29, 1.82) is 0 Å². The summed E-state index contributed by atoms with van der Waals surface area (Å²) in [5.74, 6) is -0.489. The van der Waals surface area contributed by atoms with Crippen LogP contribution in [0.5, 0.6) is 0 Å². The molecule has 8 nitrogen and oxygen atoms in total. The van der Waals surface area contributed by atoms with Crippen molar-refractivity contribution in [2.24, 2.45) is 4.99 Å². The second-order valence-corrected chi connectivity index (χ2v) is 10.1. The molecule has 12 heteroatoms. The Labute approximate surface area is 251 Å². The van der Waals surface area contributed by atoms with Crippen LogP contribution in [0.1, 0.15) is 74.5 Å². The SMILES string of the molecule is CC.CC/C=C(\C(=NC)N1CCCc2c(nc(N3CCCCC3)nc2Nc2ccc(C(=O)OC)c(F)c2)CC1)C(F)(F)F. The highest BCUT2D eigenvalue weighted by atomic mass is 19.4. The largest absolute Gasteiger partial charge is 0.465 e. The summed E-state index contributed by atoms with van der Waals surface area (Å²) in [6.07, 6.45) is 1.50. The zero-order valence-electron chi connectivity index (χ0n) is 25.7. The van der Waals surface area contributed by atoms with Crippen molar-refractivity contribution >= 4 is 29.3 Å². The van der Waals surface area contributed by atoms with Crippen LogP contribution in [0.3, 0.4) is 0 Å². The first kappa shape index (κ1) is 33.8. The number of nitrogens with zero attached hydrogens (tertiary/aromatic N) is 5. The molecule has 1 N–H and O–H groups in total. The third-order valence-corrected chi connectivity index (χ3v) is 7.30. The molecule has 0 spiro atoms. The number of piperidine rings is 1. The van der Waals surface area contributed by atoms with Gasteiger partial charge in [0.2, 0.25) is 5.95 Å². The highest BCUT2D eigenvalue weighted by Gasteiger charge is 2.38. The Morgan fingerprint density at radius 3 is 2.40 bits per heavy atom. The summed E-state index contributed by atoms with van der Waals surface area (Å²) in [6.45, 7) is 7.95. The van der Waals surface area contributed by atoms with Crippen LogP contribution in [0.25, 0.3) is 0 Å². The number of esters is 1. The van der Waals surface area contributed by atoms with Gasteiger partial charge in [-0.25, -0.2) is 14.2 Å². The maximum absolute atomic E-state index is 14.7. The number of rotatable bonds is 6. The van der Waals surface area contributed by atoms with Crippen molar-refractivity contribution in [2.75, 3.05) is 50.6 Å². The van der Waals surface area contributed by atoms with Crippen molar-refractivity contribution in [3.8, 4) is 0 Å². The maximum atomic E-state index is 14.7. The van der Waals surface area contributed by atoms with Gasteiger partial charge in [-0.1, -0.05) is 26.8 Å². The monoisotopic (exact) mass is 606 g/mol. The van der Waals surface area contributed by atoms with Crippen LogP contribution < -0.4 is 10.2 Å². The summed E-state index contributed by atoms with van der Waals surface area (Å²) in [7, 11) is 2.58. The summed E-state index contributed by atoms with van der Waals surface area (Å²) in [6, 6.07) is 4.15. The van der Waals surface area contributed by atoms with E-state index >= 15 is 0 Å². The van der Waals surface area contributed by atoms with Gasteiger partial charge < -0.3 is 19.9 Å². The Morgan fingerprint density at radius 2 is 1.79 bits per heavy atom. The molecule has 3 heterocycles. The molecule has 0 amide bonds. The molecule has 0 atom stereocenters. The summed E-state index contributed by atoms with van der Waals surface area (Å²) in [5, 5.41) is 3.22. The zero-order valence-corrected chi connectivity index (χ0v) is 25.7. The molecule has 2 aromatic rings. The van der Waals surface area contributed by atoms with Crippen LogP contribution in [0.4, 0.5) is 35.0 Å². The van der Waals surface area contributed by atoms with E-state index in [1.54, 1.807) is 17.9 Å². The molecule has 2 aliphatic rings. The minimum Gasteiger partial charge on any atom is -0.465 e. The topological polar surface area (TPSA) is 83.0 Å². The number of methoxy groups -OCH3 is 1. The van der Waals surface area contributed by atoms with Crippen LogP contribution >= 0.6 is 0 Å². The van der Waals surface area contributed by atoms with Gasteiger partial charge in [0, 0.05) is 50.9 Å². The Balaban J connectivity index is 0.00000248. The third-order valence-electron chi connectivity index (χ3n) is 7.30. The normalized spacial score (nSPS) is 16.4.